The van der Waals surface area contributed by atoms with Gasteiger partial charge in [0.1, 0.15) is 12.4 Å². The van der Waals surface area contributed by atoms with Crippen LogP contribution in [0.15, 0.2) is 24.3 Å². The van der Waals surface area contributed by atoms with Crippen molar-refractivity contribution in [3.8, 4) is 5.75 Å². The quantitative estimate of drug-likeness (QED) is 0.840. The molecule has 1 heterocycles. The summed E-state index contributed by atoms with van der Waals surface area (Å²) in [6.07, 6.45) is 0.361. The molecule has 0 amide bonds. The maximum atomic E-state index is 12.1. The van der Waals surface area contributed by atoms with E-state index in [0.717, 1.165) is 37.9 Å². The van der Waals surface area contributed by atoms with Crippen molar-refractivity contribution in [3.63, 3.8) is 0 Å². The van der Waals surface area contributed by atoms with E-state index in [1.165, 1.54) is 0 Å². The van der Waals surface area contributed by atoms with Crippen LogP contribution in [-0.4, -0.2) is 41.7 Å². The minimum atomic E-state index is -2.45. The molecule has 0 aliphatic carbocycles. The van der Waals surface area contributed by atoms with Crippen LogP contribution in [0.5, 0.6) is 5.75 Å². The lowest BCUT2D eigenvalue weighted by Crippen LogP contribution is -2.31. The SMILES string of the molecule is CC(O)CC1CCCN1Cc1ccc(OCC(F)F)cc1. The summed E-state index contributed by atoms with van der Waals surface area (Å²) in [7, 11) is 0. The fourth-order valence-electron chi connectivity index (χ4n) is 2.85. The average Bonchev–Trinajstić information content (AvgIpc) is 2.84. The molecule has 3 nitrogen and oxygen atoms in total. The van der Waals surface area contributed by atoms with Crippen molar-refractivity contribution in [2.75, 3.05) is 13.2 Å². The van der Waals surface area contributed by atoms with Gasteiger partial charge in [0.05, 0.1) is 6.10 Å². The van der Waals surface area contributed by atoms with E-state index < -0.39 is 13.0 Å². The molecule has 1 saturated heterocycles. The second kappa shape index (κ2) is 7.71. The van der Waals surface area contributed by atoms with Crippen LogP contribution in [-0.2, 0) is 6.54 Å². The van der Waals surface area contributed by atoms with Crippen molar-refractivity contribution >= 4 is 0 Å². The molecule has 1 aliphatic rings. The van der Waals surface area contributed by atoms with Gasteiger partial charge in [-0.2, -0.15) is 0 Å². The number of benzene rings is 1. The van der Waals surface area contributed by atoms with Crippen LogP contribution in [0.25, 0.3) is 0 Å². The van der Waals surface area contributed by atoms with Crippen molar-refractivity contribution < 1.29 is 18.6 Å². The summed E-state index contributed by atoms with van der Waals surface area (Å²) in [5.74, 6) is 0.473. The largest absolute Gasteiger partial charge is 0.488 e. The van der Waals surface area contributed by atoms with E-state index in [9.17, 15) is 13.9 Å². The summed E-state index contributed by atoms with van der Waals surface area (Å²) in [5, 5.41) is 9.53. The Bertz CT molecular complexity index is 423. The number of halogens is 2. The molecule has 2 unspecified atom stereocenters. The third-order valence-corrected chi connectivity index (χ3v) is 3.80. The van der Waals surface area contributed by atoms with Crippen molar-refractivity contribution in [1.82, 2.24) is 4.90 Å². The zero-order valence-corrected chi connectivity index (χ0v) is 12.3. The molecule has 1 aromatic rings. The van der Waals surface area contributed by atoms with Gasteiger partial charge in [-0.25, -0.2) is 8.78 Å². The molecule has 0 bridgehead atoms. The lowest BCUT2D eigenvalue weighted by Gasteiger charge is -2.25. The molecule has 0 aromatic heterocycles. The lowest BCUT2D eigenvalue weighted by atomic mass is 10.1. The summed E-state index contributed by atoms with van der Waals surface area (Å²) >= 11 is 0. The predicted octanol–water partition coefficient (Wildman–Crippen LogP) is 3.07. The fourth-order valence-corrected chi connectivity index (χ4v) is 2.85. The number of alkyl halides is 2. The van der Waals surface area contributed by atoms with E-state index in [2.05, 4.69) is 4.90 Å². The highest BCUT2D eigenvalue weighted by Crippen LogP contribution is 2.24. The first-order valence-corrected chi connectivity index (χ1v) is 7.46. The number of aliphatic hydroxyl groups is 1. The van der Waals surface area contributed by atoms with E-state index in [1.807, 2.05) is 19.1 Å². The number of hydrogen-bond donors (Lipinski definition) is 1. The second-order valence-electron chi connectivity index (χ2n) is 5.70. The molecule has 2 rings (SSSR count). The van der Waals surface area contributed by atoms with E-state index in [-0.39, 0.29) is 6.10 Å². The highest BCUT2D eigenvalue weighted by Gasteiger charge is 2.25. The summed E-state index contributed by atoms with van der Waals surface area (Å²) in [6, 6.07) is 7.73. The third-order valence-electron chi connectivity index (χ3n) is 3.80. The van der Waals surface area contributed by atoms with Gasteiger partial charge in [0, 0.05) is 12.6 Å². The number of ether oxygens (including phenoxy) is 1. The summed E-state index contributed by atoms with van der Waals surface area (Å²) in [5.41, 5.74) is 1.14. The summed E-state index contributed by atoms with van der Waals surface area (Å²) in [6.45, 7) is 3.13. The molecular weight excluding hydrogens is 276 g/mol. The summed E-state index contributed by atoms with van der Waals surface area (Å²) < 4.78 is 29.1. The first kappa shape index (κ1) is 16.2. The van der Waals surface area contributed by atoms with Crippen LogP contribution in [0.3, 0.4) is 0 Å². The molecule has 5 heteroatoms. The van der Waals surface area contributed by atoms with Gasteiger partial charge in [0.25, 0.3) is 6.43 Å². The molecule has 1 aromatic carbocycles. The third kappa shape index (κ3) is 5.25. The molecule has 0 saturated carbocycles. The average molecular weight is 299 g/mol. The van der Waals surface area contributed by atoms with Crippen molar-refractivity contribution in [1.29, 1.82) is 0 Å². The van der Waals surface area contributed by atoms with Crippen molar-refractivity contribution in [3.05, 3.63) is 29.8 Å². The van der Waals surface area contributed by atoms with Gasteiger partial charge in [-0.05, 0) is 50.4 Å². The van der Waals surface area contributed by atoms with Gasteiger partial charge in [-0.3, -0.25) is 4.90 Å². The molecule has 2 atom stereocenters. The number of likely N-dealkylation sites (tertiary alicyclic amines) is 1. The Morgan fingerprint density at radius 2 is 2.05 bits per heavy atom. The highest BCUT2D eigenvalue weighted by molar-refractivity contribution is 5.27. The smallest absolute Gasteiger partial charge is 0.272 e. The Labute approximate surface area is 124 Å². The van der Waals surface area contributed by atoms with Crippen molar-refractivity contribution in [2.45, 2.75) is 51.3 Å². The summed E-state index contributed by atoms with van der Waals surface area (Å²) in [4.78, 5) is 2.38. The monoisotopic (exact) mass is 299 g/mol. The van der Waals surface area contributed by atoms with Gasteiger partial charge in [0.2, 0.25) is 0 Å². The standard InChI is InChI=1S/C16H23F2NO2/c1-12(20)9-14-3-2-8-19(14)10-13-4-6-15(7-5-13)21-11-16(17)18/h4-7,12,14,16,20H,2-3,8-11H2,1H3. The number of rotatable bonds is 7. The van der Waals surface area contributed by atoms with Crippen LogP contribution in [0, 0.1) is 0 Å². The molecule has 0 spiro atoms. The van der Waals surface area contributed by atoms with Crippen LogP contribution >= 0.6 is 0 Å². The predicted molar refractivity (Wildman–Crippen MR) is 77.7 cm³/mol. The van der Waals surface area contributed by atoms with Crippen LogP contribution in [0.1, 0.15) is 31.7 Å². The lowest BCUT2D eigenvalue weighted by molar-refractivity contribution is 0.0819. The zero-order valence-electron chi connectivity index (χ0n) is 12.3. The Balaban J connectivity index is 1.87. The van der Waals surface area contributed by atoms with Gasteiger partial charge in [-0.1, -0.05) is 12.1 Å². The Morgan fingerprint density at radius 3 is 2.67 bits per heavy atom. The molecular formula is C16H23F2NO2. The minimum Gasteiger partial charge on any atom is -0.488 e. The molecule has 1 N–H and O–H groups in total. The van der Waals surface area contributed by atoms with E-state index in [1.54, 1.807) is 12.1 Å². The number of nitrogens with zero attached hydrogens (tertiary/aromatic N) is 1. The van der Waals surface area contributed by atoms with Gasteiger partial charge in [-0.15, -0.1) is 0 Å². The molecule has 1 fully saturated rings. The molecule has 1 aliphatic heterocycles. The second-order valence-corrected chi connectivity index (χ2v) is 5.70. The van der Waals surface area contributed by atoms with Gasteiger partial charge >= 0.3 is 0 Å². The zero-order chi connectivity index (χ0) is 15.2. The topological polar surface area (TPSA) is 32.7 Å². The fraction of sp³-hybridized carbons (Fsp3) is 0.625. The molecule has 21 heavy (non-hydrogen) atoms. The van der Waals surface area contributed by atoms with Crippen LogP contribution in [0.4, 0.5) is 8.78 Å². The van der Waals surface area contributed by atoms with Crippen LogP contribution < -0.4 is 4.74 Å². The maximum Gasteiger partial charge on any atom is 0.272 e. The Kier molecular flexibility index (Phi) is 5.94. The number of hydrogen-bond acceptors (Lipinski definition) is 3. The first-order chi connectivity index (χ1) is 10.0. The van der Waals surface area contributed by atoms with Crippen LogP contribution in [0.2, 0.25) is 0 Å². The first-order valence-electron chi connectivity index (χ1n) is 7.46. The van der Waals surface area contributed by atoms with E-state index >= 15 is 0 Å². The van der Waals surface area contributed by atoms with E-state index in [0.29, 0.717) is 11.8 Å². The van der Waals surface area contributed by atoms with E-state index in [4.69, 9.17) is 4.74 Å². The van der Waals surface area contributed by atoms with Gasteiger partial charge in [0.15, 0.2) is 0 Å². The Hall–Kier alpha value is -1.20. The molecule has 0 radical (unpaired) electrons. The number of aliphatic hydroxyl groups excluding tert-OH is 1. The normalized spacial score (nSPS) is 20.9. The maximum absolute atomic E-state index is 12.1. The highest BCUT2D eigenvalue weighted by atomic mass is 19.3. The van der Waals surface area contributed by atoms with Crippen molar-refractivity contribution in [2.24, 2.45) is 0 Å². The molecule has 118 valence electrons. The Morgan fingerprint density at radius 1 is 1.33 bits per heavy atom. The minimum absolute atomic E-state index is 0.277. The van der Waals surface area contributed by atoms with Gasteiger partial charge < -0.3 is 9.84 Å².